The molecule has 6 nitrogen and oxygen atoms in total. The molecule has 0 radical (unpaired) electrons. The van der Waals surface area contributed by atoms with Crippen molar-refractivity contribution < 1.29 is 4.79 Å². The highest BCUT2D eigenvalue weighted by atomic mass is 16.2. The number of likely N-dealkylation sites (tertiary alicyclic amines) is 1. The van der Waals surface area contributed by atoms with Crippen LogP contribution in [0.4, 0.5) is 5.82 Å². The molecule has 1 fully saturated rings. The normalized spacial score (nSPS) is 15.7. The fraction of sp³-hybridized carbons (Fsp3) is 0.588. The lowest BCUT2D eigenvalue weighted by molar-refractivity contribution is -0.133. The van der Waals surface area contributed by atoms with Crippen LogP contribution in [0.2, 0.25) is 0 Å². The molecule has 0 unspecified atom stereocenters. The van der Waals surface area contributed by atoms with E-state index in [9.17, 15) is 4.79 Å². The summed E-state index contributed by atoms with van der Waals surface area (Å²) in [6, 6.07) is 4.03. The monoisotopic (exact) mass is 315 g/mol. The fourth-order valence-corrected chi connectivity index (χ4v) is 2.97. The first-order chi connectivity index (χ1) is 11.1. The van der Waals surface area contributed by atoms with Gasteiger partial charge in [0.25, 0.3) is 0 Å². The van der Waals surface area contributed by atoms with Gasteiger partial charge < -0.3 is 9.80 Å². The van der Waals surface area contributed by atoms with E-state index in [2.05, 4.69) is 41.9 Å². The number of nitrogens with zero attached hydrogens (tertiary/aromatic N) is 5. The highest BCUT2D eigenvalue weighted by Gasteiger charge is 2.19. The molecule has 124 valence electrons. The van der Waals surface area contributed by atoms with Crippen molar-refractivity contribution >= 4 is 17.4 Å². The number of likely N-dealkylation sites (N-methyl/N-ethyl adjacent to an activating group) is 1. The summed E-state index contributed by atoms with van der Waals surface area (Å²) in [7, 11) is 2.05. The minimum absolute atomic E-state index is 0.284. The maximum Gasteiger partial charge on any atom is 0.222 e. The van der Waals surface area contributed by atoms with Gasteiger partial charge in [-0.2, -0.15) is 9.61 Å². The predicted molar refractivity (Wildman–Crippen MR) is 90.8 cm³/mol. The summed E-state index contributed by atoms with van der Waals surface area (Å²) < 4.78 is 1.86. The van der Waals surface area contributed by atoms with Gasteiger partial charge >= 0.3 is 0 Å². The first-order valence-electron chi connectivity index (χ1n) is 8.40. The number of anilines is 1. The first kappa shape index (κ1) is 15.8. The SMILES string of the molecule is CC(C)c1cc(N(C)CCN2CCCCC2=O)n2nccc2n1. The molecule has 23 heavy (non-hydrogen) atoms. The van der Waals surface area contributed by atoms with E-state index in [4.69, 9.17) is 0 Å². The molecule has 1 saturated heterocycles. The molecular formula is C17H25N5O. The molecule has 0 N–H and O–H groups in total. The Morgan fingerprint density at radius 3 is 2.91 bits per heavy atom. The number of hydrogen-bond donors (Lipinski definition) is 0. The Bertz CT molecular complexity index is 693. The van der Waals surface area contributed by atoms with Gasteiger partial charge in [0.15, 0.2) is 5.65 Å². The number of piperidine rings is 1. The van der Waals surface area contributed by atoms with E-state index in [0.717, 1.165) is 49.6 Å². The van der Waals surface area contributed by atoms with Crippen LogP contribution < -0.4 is 4.90 Å². The van der Waals surface area contributed by atoms with Crippen molar-refractivity contribution in [3.63, 3.8) is 0 Å². The van der Waals surface area contributed by atoms with Crippen LogP contribution in [0.1, 0.15) is 44.7 Å². The van der Waals surface area contributed by atoms with Crippen LogP contribution >= 0.6 is 0 Å². The molecule has 0 spiro atoms. The number of amides is 1. The average molecular weight is 315 g/mol. The topological polar surface area (TPSA) is 53.7 Å². The van der Waals surface area contributed by atoms with E-state index >= 15 is 0 Å². The van der Waals surface area contributed by atoms with E-state index < -0.39 is 0 Å². The van der Waals surface area contributed by atoms with Crippen molar-refractivity contribution in [2.45, 2.75) is 39.0 Å². The molecule has 0 aromatic carbocycles. The molecule has 0 saturated carbocycles. The summed E-state index contributed by atoms with van der Waals surface area (Å²) in [6.45, 7) is 6.73. The van der Waals surface area contributed by atoms with Gasteiger partial charge in [0.05, 0.1) is 6.20 Å². The number of carbonyl (C=O) groups is 1. The van der Waals surface area contributed by atoms with E-state index in [0.29, 0.717) is 12.3 Å². The minimum atomic E-state index is 0.284. The summed E-state index contributed by atoms with van der Waals surface area (Å²) >= 11 is 0. The largest absolute Gasteiger partial charge is 0.358 e. The average Bonchev–Trinajstić information content (AvgIpc) is 3.01. The molecule has 0 aliphatic carbocycles. The minimum Gasteiger partial charge on any atom is -0.358 e. The zero-order valence-corrected chi connectivity index (χ0v) is 14.2. The van der Waals surface area contributed by atoms with Crippen LogP contribution in [0.5, 0.6) is 0 Å². The van der Waals surface area contributed by atoms with Crippen LogP contribution in [-0.4, -0.2) is 52.1 Å². The summed E-state index contributed by atoms with van der Waals surface area (Å²) in [5.41, 5.74) is 1.93. The Morgan fingerprint density at radius 1 is 1.35 bits per heavy atom. The van der Waals surface area contributed by atoms with E-state index in [1.807, 2.05) is 15.5 Å². The molecule has 1 amide bonds. The third-order valence-electron chi connectivity index (χ3n) is 4.47. The molecule has 3 heterocycles. The summed E-state index contributed by atoms with van der Waals surface area (Å²) in [5, 5.41) is 4.38. The van der Waals surface area contributed by atoms with Crippen molar-refractivity contribution in [1.29, 1.82) is 0 Å². The quantitative estimate of drug-likeness (QED) is 0.849. The molecule has 0 bridgehead atoms. The highest BCUT2D eigenvalue weighted by Crippen LogP contribution is 2.21. The van der Waals surface area contributed by atoms with Crippen LogP contribution in [0.15, 0.2) is 18.3 Å². The molecule has 2 aromatic heterocycles. The van der Waals surface area contributed by atoms with Gasteiger partial charge in [-0.25, -0.2) is 4.98 Å². The zero-order chi connectivity index (χ0) is 16.4. The Balaban J connectivity index is 1.78. The number of rotatable bonds is 5. The van der Waals surface area contributed by atoms with Crippen molar-refractivity contribution in [1.82, 2.24) is 19.5 Å². The Kier molecular flexibility index (Phi) is 4.50. The number of fused-ring (bicyclic) bond motifs is 1. The summed E-state index contributed by atoms with van der Waals surface area (Å²) in [6.07, 6.45) is 4.62. The standard InChI is InChI=1S/C17H25N5O/c1-13(2)14-12-16(22-15(19-14)7-8-18-22)20(3)10-11-21-9-5-4-6-17(21)23/h7-8,12-13H,4-6,9-11H2,1-3H3. The molecule has 2 aromatic rings. The maximum absolute atomic E-state index is 11.9. The van der Waals surface area contributed by atoms with Gasteiger partial charge in [-0.1, -0.05) is 13.8 Å². The van der Waals surface area contributed by atoms with Crippen molar-refractivity contribution in [2.75, 3.05) is 31.6 Å². The lowest BCUT2D eigenvalue weighted by atomic mass is 10.1. The molecule has 1 aliphatic rings. The third kappa shape index (κ3) is 3.30. The van der Waals surface area contributed by atoms with Gasteiger partial charge in [-0.3, -0.25) is 4.79 Å². The van der Waals surface area contributed by atoms with Crippen LogP contribution in [0, 0.1) is 0 Å². The molecule has 3 rings (SSSR count). The smallest absolute Gasteiger partial charge is 0.222 e. The number of aromatic nitrogens is 3. The number of carbonyl (C=O) groups excluding carboxylic acids is 1. The van der Waals surface area contributed by atoms with Crippen LogP contribution in [0.25, 0.3) is 5.65 Å². The van der Waals surface area contributed by atoms with E-state index in [1.54, 1.807) is 6.20 Å². The fourth-order valence-electron chi connectivity index (χ4n) is 2.97. The summed E-state index contributed by atoms with van der Waals surface area (Å²) in [4.78, 5) is 20.7. The Labute approximate surface area is 137 Å². The lowest BCUT2D eigenvalue weighted by Gasteiger charge is -2.29. The second-order valence-electron chi connectivity index (χ2n) is 6.55. The lowest BCUT2D eigenvalue weighted by Crippen LogP contribution is -2.40. The number of hydrogen-bond acceptors (Lipinski definition) is 4. The Morgan fingerprint density at radius 2 is 2.17 bits per heavy atom. The Hall–Kier alpha value is -2.11. The molecule has 0 atom stereocenters. The van der Waals surface area contributed by atoms with E-state index in [-0.39, 0.29) is 5.91 Å². The molecule has 1 aliphatic heterocycles. The predicted octanol–water partition coefficient (Wildman–Crippen LogP) is 2.30. The maximum atomic E-state index is 11.9. The second kappa shape index (κ2) is 6.56. The van der Waals surface area contributed by atoms with Crippen molar-refractivity contribution in [3.8, 4) is 0 Å². The van der Waals surface area contributed by atoms with E-state index in [1.165, 1.54) is 0 Å². The third-order valence-corrected chi connectivity index (χ3v) is 4.47. The summed E-state index contributed by atoms with van der Waals surface area (Å²) in [5.74, 6) is 1.67. The van der Waals surface area contributed by atoms with Crippen molar-refractivity contribution in [2.24, 2.45) is 0 Å². The van der Waals surface area contributed by atoms with Gasteiger partial charge in [0.1, 0.15) is 5.82 Å². The van der Waals surface area contributed by atoms with Gasteiger partial charge in [-0.05, 0) is 18.8 Å². The van der Waals surface area contributed by atoms with Gasteiger partial charge in [0.2, 0.25) is 5.91 Å². The van der Waals surface area contributed by atoms with Crippen LogP contribution in [-0.2, 0) is 4.79 Å². The van der Waals surface area contributed by atoms with Crippen LogP contribution in [0.3, 0.4) is 0 Å². The molecular weight excluding hydrogens is 290 g/mol. The van der Waals surface area contributed by atoms with Gasteiger partial charge in [0, 0.05) is 50.9 Å². The highest BCUT2D eigenvalue weighted by molar-refractivity contribution is 5.76. The first-order valence-corrected chi connectivity index (χ1v) is 8.40. The second-order valence-corrected chi connectivity index (χ2v) is 6.55. The van der Waals surface area contributed by atoms with Crippen molar-refractivity contribution in [3.05, 3.63) is 24.0 Å². The zero-order valence-electron chi connectivity index (χ0n) is 14.2. The van der Waals surface area contributed by atoms with Gasteiger partial charge in [-0.15, -0.1) is 0 Å². The molecule has 6 heteroatoms.